The Morgan fingerprint density at radius 1 is 1.29 bits per heavy atom. The highest BCUT2D eigenvalue weighted by Gasteiger charge is 2.34. The van der Waals surface area contributed by atoms with E-state index in [4.69, 9.17) is 5.11 Å². The number of carboxylic acids is 1. The number of amides is 1. The third-order valence-corrected chi connectivity index (χ3v) is 4.27. The number of aliphatic carboxylic acids is 1. The number of hydrogen-bond acceptors (Lipinski definition) is 3. The highest BCUT2D eigenvalue weighted by Crippen LogP contribution is 2.42. The lowest BCUT2D eigenvalue weighted by Crippen LogP contribution is -2.33. The third-order valence-electron chi connectivity index (χ3n) is 4.27. The molecule has 1 aliphatic rings. The summed E-state index contributed by atoms with van der Waals surface area (Å²) in [6.07, 6.45) is 3.68. The van der Waals surface area contributed by atoms with Crippen LogP contribution in [0.5, 0.6) is 0 Å². The molecule has 0 radical (unpaired) electrons. The Morgan fingerprint density at radius 3 is 2.58 bits per heavy atom. The van der Waals surface area contributed by atoms with Gasteiger partial charge in [-0.1, -0.05) is 18.2 Å². The summed E-state index contributed by atoms with van der Waals surface area (Å²) in [6, 6.07) is 9.77. The Kier molecular flexibility index (Phi) is 4.64. The quantitative estimate of drug-likeness (QED) is 0.848. The minimum Gasteiger partial charge on any atom is -0.481 e. The first-order valence-corrected chi connectivity index (χ1v) is 8.26. The van der Waals surface area contributed by atoms with E-state index in [-0.39, 0.29) is 18.9 Å². The van der Waals surface area contributed by atoms with Gasteiger partial charge in [-0.15, -0.1) is 0 Å². The van der Waals surface area contributed by atoms with Crippen molar-refractivity contribution < 1.29 is 14.7 Å². The van der Waals surface area contributed by atoms with Crippen LogP contribution < -0.4 is 0 Å². The van der Waals surface area contributed by atoms with E-state index >= 15 is 0 Å². The van der Waals surface area contributed by atoms with Crippen LogP contribution in [0.2, 0.25) is 0 Å². The van der Waals surface area contributed by atoms with E-state index in [1.807, 2.05) is 41.9 Å². The first-order valence-electron chi connectivity index (χ1n) is 8.26. The molecule has 0 bridgehead atoms. The molecule has 0 atom stereocenters. The van der Waals surface area contributed by atoms with E-state index in [1.165, 1.54) is 0 Å². The van der Waals surface area contributed by atoms with E-state index < -0.39 is 5.97 Å². The van der Waals surface area contributed by atoms with Crippen molar-refractivity contribution in [2.24, 2.45) is 0 Å². The molecule has 1 saturated carbocycles. The molecule has 3 rings (SSSR count). The van der Waals surface area contributed by atoms with Crippen LogP contribution in [0.25, 0.3) is 5.69 Å². The molecule has 1 N–H and O–H groups in total. The first-order chi connectivity index (χ1) is 11.6. The SMILES string of the molecule is CCN(CCC(=O)O)C(=O)c1cnn(-c2ccccc2)c1C1CC1. The highest BCUT2D eigenvalue weighted by molar-refractivity contribution is 5.95. The fraction of sp³-hybridized carbons (Fsp3) is 0.389. The fourth-order valence-electron chi connectivity index (χ4n) is 2.85. The predicted octanol–water partition coefficient (Wildman–Crippen LogP) is 2.69. The van der Waals surface area contributed by atoms with Crippen LogP contribution in [0.15, 0.2) is 36.5 Å². The topological polar surface area (TPSA) is 75.4 Å². The van der Waals surface area contributed by atoms with Crippen LogP contribution in [0.3, 0.4) is 0 Å². The second-order valence-corrected chi connectivity index (χ2v) is 5.99. The Balaban J connectivity index is 1.92. The van der Waals surface area contributed by atoms with Crippen LogP contribution in [0.1, 0.15) is 48.2 Å². The molecule has 0 aliphatic heterocycles. The minimum atomic E-state index is -0.899. The predicted molar refractivity (Wildman–Crippen MR) is 89.4 cm³/mol. The summed E-state index contributed by atoms with van der Waals surface area (Å²) in [5.41, 5.74) is 2.47. The van der Waals surface area contributed by atoms with Gasteiger partial charge in [0.25, 0.3) is 5.91 Å². The summed E-state index contributed by atoms with van der Waals surface area (Å²) in [7, 11) is 0. The molecule has 1 fully saturated rings. The zero-order chi connectivity index (χ0) is 17.1. The number of carbonyl (C=O) groups is 2. The van der Waals surface area contributed by atoms with Crippen LogP contribution in [-0.2, 0) is 4.79 Å². The summed E-state index contributed by atoms with van der Waals surface area (Å²) in [4.78, 5) is 25.2. The van der Waals surface area contributed by atoms with Gasteiger partial charge in [0.15, 0.2) is 0 Å². The molecule has 24 heavy (non-hydrogen) atoms. The van der Waals surface area contributed by atoms with Crippen molar-refractivity contribution in [2.75, 3.05) is 13.1 Å². The van der Waals surface area contributed by atoms with Gasteiger partial charge in [0.1, 0.15) is 0 Å². The Morgan fingerprint density at radius 2 is 2.00 bits per heavy atom. The number of carboxylic acid groups (broad SMARTS) is 1. The van der Waals surface area contributed by atoms with Gasteiger partial charge >= 0.3 is 5.97 Å². The van der Waals surface area contributed by atoms with Gasteiger partial charge in [-0.3, -0.25) is 9.59 Å². The molecule has 2 aromatic rings. The molecule has 1 aliphatic carbocycles. The molecule has 0 saturated heterocycles. The molecule has 1 heterocycles. The number of rotatable bonds is 7. The van der Waals surface area contributed by atoms with Gasteiger partial charge in [0.05, 0.1) is 29.6 Å². The first kappa shape index (κ1) is 16.2. The van der Waals surface area contributed by atoms with Crippen molar-refractivity contribution in [1.29, 1.82) is 0 Å². The highest BCUT2D eigenvalue weighted by atomic mass is 16.4. The molecule has 0 spiro atoms. The number of benzene rings is 1. The second-order valence-electron chi connectivity index (χ2n) is 5.99. The molecule has 1 amide bonds. The number of nitrogens with zero attached hydrogens (tertiary/aromatic N) is 3. The van der Waals surface area contributed by atoms with Gasteiger partial charge in [-0.2, -0.15) is 5.10 Å². The largest absolute Gasteiger partial charge is 0.481 e. The van der Waals surface area contributed by atoms with E-state index in [2.05, 4.69) is 5.10 Å². The van der Waals surface area contributed by atoms with E-state index in [0.29, 0.717) is 18.0 Å². The number of carbonyl (C=O) groups excluding carboxylic acids is 1. The normalized spacial score (nSPS) is 13.7. The summed E-state index contributed by atoms with van der Waals surface area (Å²) < 4.78 is 1.84. The van der Waals surface area contributed by atoms with Gasteiger partial charge in [0, 0.05) is 19.0 Å². The van der Waals surface area contributed by atoms with E-state index in [1.54, 1.807) is 11.1 Å². The second kappa shape index (κ2) is 6.86. The summed E-state index contributed by atoms with van der Waals surface area (Å²) >= 11 is 0. The van der Waals surface area contributed by atoms with Crippen molar-refractivity contribution >= 4 is 11.9 Å². The maximum absolute atomic E-state index is 12.9. The summed E-state index contributed by atoms with van der Waals surface area (Å²) in [5, 5.41) is 13.3. The zero-order valence-electron chi connectivity index (χ0n) is 13.7. The van der Waals surface area contributed by atoms with Crippen LogP contribution in [0.4, 0.5) is 0 Å². The number of aromatic nitrogens is 2. The molecular weight excluding hydrogens is 306 g/mol. The zero-order valence-corrected chi connectivity index (χ0v) is 13.7. The van der Waals surface area contributed by atoms with E-state index in [0.717, 1.165) is 24.2 Å². The van der Waals surface area contributed by atoms with Gasteiger partial charge in [-0.25, -0.2) is 4.68 Å². The monoisotopic (exact) mass is 327 g/mol. The molecule has 1 aromatic carbocycles. The van der Waals surface area contributed by atoms with Crippen molar-refractivity contribution in [3.63, 3.8) is 0 Å². The molecule has 0 unspecified atom stereocenters. The van der Waals surface area contributed by atoms with Crippen molar-refractivity contribution in [2.45, 2.75) is 32.1 Å². The lowest BCUT2D eigenvalue weighted by atomic mass is 10.1. The van der Waals surface area contributed by atoms with Gasteiger partial charge in [0.2, 0.25) is 0 Å². The maximum atomic E-state index is 12.9. The Bertz CT molecular complexity index is 735. The van der Waals surface area contributed by atoms with Crippen molar-refractivity contribution in [3.8, 4) is 5.69 Å². The Labute approximate surface area is 140 Å². The standard InChI is InChI=1S/C18H21N3O3/c1-2-20(11-10-16(22)23)18(24)15-12-19-21(17(15)13-8-9-13)14-6-4-3-5-7-14/h3-7,12-13H,2,8-11H2,1H3,(H,22,23). The van der Waals surface area contributed by atoms with Gasteiger partial charge in [-0.05, 0) is 31.9 Å². The lowest BCUT2D eigenvalue weighted by molar-refractivity contribution is -0.137. The molecule has 126 valence electrons. The van der Waals surface area contributed by atoms with Crippen LogP contribution >= 0.6 is 0 Å². The fourth-order valence-corrected chi connectivity index (χ4v) is 2.85. The molecule has 1 aromatic heterocycles. The van der Waals surface area contributed by atoms with Gasteiger partial charge < -0.3 is 10.0 Å². The lowest BCUT2D eigenvalue weighted by Gasteiger charge is -2.20. The molecule has 6 nitrogen and oxygen atoms in total. The molecular formula is C18H21N3O3. The van der Waals surface area contributed by atoms with Crippen molar-refractivity contribution in [1.82, 2.24) is 14.7 Å². The van der Waals surface area contributed by atoms with E-state index in [9.17, 15) is 9.59 Å². The van der Waals surface area contributed by atoms with Crippen molar-refractivity contribution in [3.05, 3.63) is 47.8 Å². The summed E-state index contributed by atoms with van der Waals surface area (Å²) in [6.45, 7) is 2.55. The average molecular weight is 327 g/mol. The maximum Gasteiger partial charge on any atom is 0.305 e. The summed E-state index contributed by atoms with van der Waals surface area (Å²) in [5.74, 6) is -0.684. The number of para-hydroxylation sites is 1. The average Bonchev–Trinajstić information content (AvgIpc) is 3.33. The minimum absolute atomic E-state index is 0.0504. The smallest absolute Gasteiger partial charge is 0.305 e. The van der Waals surface area contributed by atoms with Crippen LogP contribution in [0, 0.1) is 0 Å². The third kappa shape index (κ3) is 3.32. The molecule has 6 heteroatoms. The van der Waals surface area contributed by atoms with Crippen LogP contribution in [-0.4, -0.2) is 44.8 Å². The number of hydrogen-bond donors (Lipinski definition) is 1. The Hall–Kier alpha value is -2.63.